The third kappa shape index (κ3) is 4.41. The van der Waals surface area contributed by atoms with Gasteiger partial charge in [0.1, 0.15) is 0 Å². The van der Waals surface area contributed by atoms with Crippen molar-refractivity contribution in [1.29, 1.82) is 0 Å². The van der Waals surface area contributed by atoms with E-state index in [2.05, 4.69) is 29.5 Å². The fraction of sp³-hybridized carbons (Fsp3) is 0.143. The number of pyridine rings is 1. The van der Waals surface area contributed by atoms with E-state index >= 15 is 0 Å². The summed E-state index contributed by atoms with van der Waals surface area (Å²) in [6.45, 7) is 4.27. The predicted octanol–water partition coefficient (Wildman–Crippen LogP) is 5.85. The zero-order valence-corrected chi connectivity index (χ0v) is 15.4. The van der Waals surface area contributed by atoms with Crippen LogP contribution in [0.25, 0.3) is 0 Å². The number of aromatic nitrogens is 1. The molecule has 2 N–H and O–H groups in total. The summed E-state index contributed by atoms with van der Waals surface area (Å²) in [7, 11) is 0. The van der Waals surface area contributed by atoms with Crippen LogP contribution in [0.15, 0.2) is 67.0 Å². The van der Waals surface area contributed by atoms with Crippen molar-refractivity contribution in [3.8, 4) is 0 Å². The van der Waals surface area contributed by atoms with E-state index in [-0.39, 0.29) is 5.91 Å². The minimum Gasteiger partial charge on any atom is -0.353 e. The lowest BCUT2D eigenvalue weighted by molar-refractivity contribution is 0.102. The summed E-state index contributed by atoms with van der Waals surface area (Å²) < 4.78 is 0. The largest absolute Gasteiger partial charge is 0.353 e. The van der Waals surface area contributed by atoms with Gasteiger partial charge in [0, 0.05) is 11.9 Å². The molecule has 0 aliphatic carbocycles. The molecule has 0 spiro atoms. The highest BCUT2D eigenvalue weighted by Crippen LogP contribution is 2.25. The summed E-state index contributed by atoms with van der Waals surface area (Å²) in [5, 5.41) is 6.68. The van der Waals surface area contributed by atoms with Crippen LogP contribution in [0.3, 0.4) is 0 Å². The maximum atomic E-state index is 12.5. The van der Waals surface area contributed by atoms with Gasteiger partial charge in [-0.25, -0.2) is 0 Å². The van der Waals surface area contributed by atoms with E-state index < -0.39 is 0 Å². The molecule has 132 valence electrons. The molecule has 0 atom stereocenters. The first-order chi connectivity index (χ1) is 12.5. The highest BCUT2D eigenvalue weighted by molar-refractivity contribution is 6.33. The summed E-state index contributed by atoms with van der Waals surface area (Å²) in [4.78, 5) is 16.6. The second kappa shape index (κ2) is 8.02. The zero-order valence-electron chi connectivity index (χ0n) is 14.7. The second-order valence-electron chi connectivity index (χ2n) is 6.30. The molecular weight excluding hydrogens is 346 g/mol. The van der Waals surface area contributed by atoms with Crippen molar-refractivity contribution in [3.05, 3.63) is 83.1 Å². The van der Waals surface area contributed by atoms with Crippen molar-refractivity contribution in [2.24, 2.45) is 0 Å². The molecule has 4 nitrogen and oxygen atoms in total. The lowest BCUT2D eigenvalue weighted by Crippen LogP contribution is -2.12. The Bertz CT molecular complexity index is 907. The molecule has 0 aliphatic heterocycles. The van der Waals surface area contributed by atoms with Crippen LogP contribution in [0.2, 0.25) is 5.02 Å². The summed E-state index contributed by atoms with van der Waals surface area (Å²) in [6, 6.07) is 17.0. The van der Waals surface area contributed by atoms with Gasteiger partial charge in [-0.15, -0.1) is 0 Å². The van der Waals surface area contributed by atoms with E-state index in [1.165, 1.54) is 11.8 Å². The first-order valence-corrected chi connectivity index (χ1v) is 8.78. The number of hydrogen-bond acceptors (Lipinski definition) is 3. The van der Waals surface area contributed by atoms with Gasteiger partial charge in [0.15, 0.2) is 0 Å². The lowest BCUT2D eigenvalue weighted by atomic mass is 10.0. The van der Waals surface area contributed by atoms with E-state index in [0.29, 0.717) is 22.2 Å². The standard InChI is InChI=1S/C21H20ClN3O/c1-14(2)15-7-9-17(10-8-15)25-21(26)16-11-18(13-23-12-16)24-20-6-4-3-5-19(20)22/h3-14,24H,1-2H3,(H,25,26). The van der Waals surface area contributed by atoms with Gasteiger partial charge in [0.25, 0.3) is 5.91 Å². The minimum atomic E-state index is -0.211. The second-order valence-corrected chi connectivity index (χ2v) is 6.71. The number of nitrogens with zero attached hydrogens (tertiary/aromatic N) is 1. The molecule has 1 amide bonds. The summed E-state index contributed by atoms with van der Waals surface area (Å²) in [6.07, 6.45) is 3.19. The number of halogens is 1. The molecule has 1 aromatic heterocycles. The third-order valence-electron chi connectivity index (χ3n) is 3.99. The van der Waals surface area contributed by atoms with E-state index in [9.17, 15) is 4.79 Å². The Hall–Kier alpha value is -2.85. The molecule has 0 saturated carbocycles. The average molecular weight is 366 g/mol. The Morgan fingerprint density at radius 2 is 1.73 bits per heavy atom. The van der Waals surface area contributed by atoms with Gasteiger partial charge in [0.05, 0.1) is 28.2 Å². The molecule has 0 bridgehead atoms. The van der Waals surface area contributed by atoms with Gasteiger partial charge in [-0.05, 0) is 41.8 Å². The van der Waals surface area contributed by atoms with Crippen LogP contribution in [0.4, 0.5) is 17.1 Å². The number of anilines is 3. The molecule has 0 saturated heterocycles. The Morgan fingerprint density at radius 3 is 2.42 bits per heavy atom. The molecular formula is C21H20ClN3O. The number of benzene rings is 2. The minimum absolute atomic E-state index is 0.211. The number of rotatable bonds is 5. The highest BCUT2D eigenvalue weighted by atomic mass is 35.5. The topological polar surface area (TPSA) is 54.0 Å². The van der Waals surface area contributed by atoms with Gasteiger partial charge in [-0.3, -0.25) is 9.78 Å². The van der Waals surface area contributed by atoms with E-state index in [4.69, 9.17) is 11.6 Å². The summed E-state index contributed by atoms with van der Waals surface area (Å²) in [5.74, 6) is 0.245. The van der Waals surface area contributed by atoms with Gasteiger partial charge < -0.3 is 10.6 Å². The van der Waals surface area contributed by atoms with Crippen molar-refractivity contribution in [2.45, 2.75) is 19.8 Å². The van der Waals surface area contributed by atoms with Gasteiger partial charge in [-0.2, -0.15) is 0 Å². The van der Waals surface area contributed by atoms with E-state index in [1.807, 2.05) is 42.5 Å². The van der Waals surface area contributed by atoms with Crippen LogP contribution >= 0.6 is 11.6 Å². The molecule has 0 radical (unpaired) electrons. The maximum Gasteiger partial charge on any atom is 0.257 e. The Morgan fingerprint density at radius 1 is 1.00 bits per heavy atom. The maximum absolute atomic E-state index is 12.5. The Balaban J connectivity index is 1.73. The number of para-hydroxylation sites is 1. The zero-order chi connectivity index (χ0) is 18.5. The number of carbonyl (C=O) groups is 1. The average Bonchev–Trinajstić information content (AvgIpc) is 2.64. The van der Waals surface area contributed by atoms with E-state index in [0.717, 1.165) is 11.4 Å². The number of amides is 1. The summed E-state index contributed by atoms with van der Waals surface area (Å²) >= 11 is 6.16. The molecule has 0 aliphatic rings. The highest BCUT2D eigenvalue weighted by Gasteiger charge is 2.09. The number of nitrogens with one attached hydrogen (secondary N) is 2. The van der Waals surface area contributed by atoms with Crippen LogP contribution in [-0.4, -0.2) is 10.9 Å². The normalized spacial score (nSPS) is 10.6. The predicted molar refractivity (Wildman–Crippen MR) is 107 cm³/mol. The molecule has 3 aromatic rings. The molecule has 0 fully saturated rings. The van der Waals surface area contributed by atoms with Crippen LogP contribution in [0.1, 0.15) is 35.7 Å². The van der Waals surface area contributed by atoms with Crippen LogP contribution < -0.4 is 10.6 Å². The van der Waals surface area contributed by atoms with Crippen LogP contribution in [0.5, 0.6) is 0 Å². The number of hydrogen-bond donors (Lipinski definition) is 2. The lowest BCUT2D eigenvalue weighted by Gasteiger charge is -2.10. The van der Waals surface area contributed by atoms with Crippen molar-refractivity contribution in [1.82, 2.24) is 4.98 Å². The van der Waals surface area contributed by atoms with E-state index in [1.54, 1.807) is 18.3 Å². The third-order valence-corrected chi connectivity index (χ3v) is 4.32. The van der Waals surface area contributed by atoms with Crippen molar-refractivity contribution in [2.75, 3.05) is 10.6 Å². The molecule has 26 heavy (non-hydrogen) atoms. The first-order valence-electron chi connectivity index (χ1n) is 8.41. The smallest absolute Gasteiger partial charge is 0.257 e. The van der Waals surface area contributed by atoms with Gasteiger partial charge in [-0.1, -0.05) is 49.7 Å². The SMILES string of the molecule is CC(C)c1ccc(NC(=O)c2cncc(Nc3ccccc3Cl)c2)cc1. The quantitative estimate of drug-likeness (QED) is 0.595. The van der Waals surface area contributed by atoms with Crippen molar-refractivity contribution >= 4 is 34.6 Å². The Kier molecular flexibility index (Phi) is 5.54. The van der Waals surface area contributed by atoms with Gasteiger partial charge >= 0.3 is 0 Å². The van der Waals surface area contributed by atoms with Crippen molar-refractivity contribution < 1.29 is 4.79 Å². The molecule has 5 heteroatoms. The summed E-state index contributed by atoms with van der Waals surface area (Å²) in [5.41, 5.74) is 3.91. The van der Waals surface area contributed by atoms with Crippen LogP contribution in [-0.2, 0) is 0 Å². The Labute approximate surface area is 158 Å². The van der Waals surface area contributed by atoms with Gasteiger partial charge in [0.2, 0.25) is 0 Å². The molecule has 3 rings (SSSR count). The monoisotopic (exact) mass is 365 g/mol. The molecule has 0 unspecified atom stereocenters. The molecule has 1 heterocycles. The van der Waals surface area contributed by atoms with Crippen molar-refractivity contribution in [3.63, 3.8) is 0 Å². The first kappa shape index (κ1) is 18.0. The fourth-order valence-electron chi connectivity index (χ4n) is 2.51. The number of carbonyl (C=O) groups excluding carboxylic acids is 1. The molecule has 2 aromatic carbocycles. The fourth-order valence-corrected chi connectivity index (χ4v) is 2.69. The van der Waals surface area contributed by atoms with Crippen LogP contribution in [0, 0.1) is 0 Å².